The zero-order valence-electron chi connectivity index (χ0n) is 12.5. The summed E-state index contributed by atoms with van der Waals surface area (Å²) in [6.07, 6.45) is 3.64. The van der Waals surface area contributed by atoms with Crippen LogP contribution in [0.1, 0.15) is 32.6 Å². The third-order valence-corrected chi connectivity index (χ3v) is 6.08. The molecular weight excluding hydrogens is 306 g/mol. The minimum absolute atomic E-state index is 0.0173. The largest absolute Gasteiger partial charge is 0.329 e. The van der Waals surface area contributed by atoms with Gasteiger partial charge in [-0.05, 0) is 30.9 Å². The average molecular weight is 327 g/mol. The molecule has 8 heteroatoms. The number of nitro groups is 1. The van der Waals surface area contributed by atoms with Gasteiger partial charge in [-0.2, -0.15) is 0 Å². The van der Waals surface area contributed by atoms with Crippen LogP contribution in [-0.2, 0) is 10.0 Å². The maximum Gasteiger partial charge on any atom is 0.269 e. The van der Waals surface area contributed by atoms with E-state index < -0.39 is 20.5 Å². The van der Waals surface area contributed by atoms with Gasteiger partial charge in [0.15, 0.2) is 0 Å². The molecule has 2 rings (SSSR count). The third-order valence-electron chi connectivity index (χ3n) is 4.51. The summed E-state index contributed by atoms with van der Waals surface area (Å²) in [5.41, 5.74) is 5.08. The fourth-order valence-corrected chi connectivity index (χ4v) is 4.52. The number of nitrogens with two attached hydrogens (primary N) is 1. The van der Waals surface area contributed by atoms with E-state index in [2.05, 4.69) is 4.72 Å². The van der Waals surface area contributed by atoms with E-state index in [1.807, 2.05) is 6.92 Å². The van der Waals surface area contributed by atoms with Crippen LogP contribution in [0.2, 0.25) is 0 Å². The molecule has 1 fully saturated rings. The van der Waals surface area contributed by atoms with E-state index in [-0.39, 0.29) is 23.0 Å². The van der Waals surface area contributed by atoms with Crippen molar-refractivity contribution in [3.8, 4) is 0 Å². The smallest absolute Gasteiger partial charge is 0.269 e. The van der Waals surface area contributed by atoms with Gasteiger partial charge in [0.1, 0.15) is 0 Å². The molecule has 0 amide bonds. The number of hydrogen-bond donors (Lipinski definition) is 2. The molecule has 7 nitrogen and oxygen atoms in total. The second-order valence-electron chi connectivity index (χ2n) is 5.86. The van der Waals surface area contributed by atoms with Crippen LogP contribution in [0.25, 0.3) is 0 Å². The highest BCUT2D eigenvalue weighted by molar-refractivity contribution is 7.89. The molecule has 1 aliphatic carbocycles. The summed E-state index contributed by atoms with van der Waals surface area (Å²) < 4.78 is 27.9. The van der Waals surface area contributed by atoms with Crippen LogP contribution in [0.4, 0.5) is 5.69 Å². The van der Waals surface area contributed by atoms with E-state index in [9.17, 15) is 18.5 Å². The van der Waals surface area contributed by atoms with Gasteiger partial charge in [-0.1, -0.05) is 19.8 Å². The minimum atomic E-state index is -3.76. The molecule has 1 saturated carbocycles. The molecule has 0 radical (unpaired) electrons. The molecule has 3 N–H and O–H groups in total. The number of hydrogen-bond acceptors (Lipinski definition) is 5. The van der Waals surface area contributed by atoms with E-state index in [0.717, 1.165) is 19.3 Å². The summed E-state index contributed by atoms with van der Waals surface area (Å²) in [5, 5.41) is 10.6. The highest BCUT2D eigenvalue weighted by Crippen LogP contribution is 2.34. The van der Waals surface area contributed by atoms with Crippen LogP contribution in [0.3, 0.4) is 0 Å². The Bertz CT molecular complexity index is 645. The van der Waals surface area contributed by atoms with Crippen LogP contribution in [0, 0.1) is 16.0 Å². The average Bonchev–Trinajstić information content (AvgIpc) is 2.49. The molecule has 22 heavy (non-hydrogen) atoms. The van der Waals surface area contributed by atoms with Gasteiger partial charge in [0, 0.05) is 24.2 Å². The van der Waals surface area contributed by atoms with E-state index in [1.165, 1.54) is 24.3 Å². The normalized spacial score (nSPS) is 25.8. The monoisotopic (exact) mass is 327 g/mol. The van der Waals surface area contributed by atoms with E-state index >= 15 is 0 Å². The van der Waals surface area contributed by atoms with Crippen LogP contribution >= 0.6 is 0 Å². The summed E-state index contributed by atoms with van der Waals surface area (Å²) >= 11 is 0. The van der Waals surface area contributed by atoms with E-state index in [1.54, 1.807) is 0 Å². The lowest BCUT2D eigenvalue weighted by molar-refractivity contribution is -0.384. The zero-order chi connectivity index (χ0) is 16.4. The summed E-state index contributed by atoms with van der Waals surface area (Å²) in [4.78, 5) is 10.1. The van der Waals surface area contributed by atoms with Crippen LogP contribution < -0.4 is 10.5 Å². The van der Waals surface area contributed by atoms with Gasteiger partial charge in [-0.15, -0.1) is 0 Å². The molecular formula is C14H21N3O4S. The standard InChI is InChI=1S/C14H21N3O4S/c1-11-4-2-3-9-14(11,10-15)16-22(20,21)13-7-5-12(6-8-13)17(18)19/h5-8,11,16H,2-4,9-10,15H2,1H3/t11-,14+/m0/s1. The first-order valence-electron chi connectivity index (χ1n) is 7.29. The Hall–Kier alpha value is -1.51. The first-order chi connectivity index (χ1) is 10.3. The molecule has 0 unspecified atom stereocenters. The lowest BCUT2D eigenvalue weighted by atomic mass is 9.74. The predicted octanol–water partition coefficient (Wildman–Crippen LogP) is 1.78. The molecule has 0 saturated heterocycles. The molecule has 0 spiro atoms. The number of benzene rings is 1. The third kappa shape index (κ3) is 3.29. The van der Waals surface area contributed by atoms with Crippen molar-refractivity contribution in [2.45, 2.75) is 43.0 Å². The van der Waals surface area contributed by atoms with Crippen molar-refractivity contribution in [2.75, 3.05) is 6.54 Å². The summed E-state index contributed by atoms with van der Waals surface area (Å²) in [5.74, 6) is 0.152. The van der Waals surface area contributed by atoms with Crippen LogP contribution in [-0.4, -0.2) is 25.4 Å². The first-order valence-corrected chi connectivity index (χ1v) is 8.77. The number of nitrogens with zero attached hydrogens (tertiary/aromatic N) is 1. The number of nitro benzene ring substituents is 1. The molecule has 1 aromatic carbocycles. The molecule has 0 heterocycles. The van der Waals surface area contributed by atoms with Crippen LogP contribution in [0.15, 0.2) is 29.2 Å². The summed E-state index contributed by atoms with van der Waals surface area (Å²) in [6, 6.07) is 4.87. The maximum atomic E-state index is 12.6. The molecule has 1 aromatic rings. The first kappa shape index (κ1) is 16.9. The Kier molecular flexibility index (Phi) is 4.84. The number of rotatable bonds is 5. The van der Waals surface area contributed by atoms with Gasteiger partial charge in [-0.25, -0.2) is 13.1 Å². The molecule has 122 valence electrons. The lowest BCUT2D eigenvalue weighted by Crippen LogP contribution is -2.58. The summed E-state index contributed by atoms with van der Waals surface area (Å²) in [7, 11) is -3.76. The van der Waals surface area contributed by atoms with Crippen molar-refractivity contribution in [2.24, 2.45) is 11.7 Å². The van der Waals surface area contributed by atoms with Crippen molar-refractivity contribution >= 4 is 15.7 Å². The Morgan fingerprint density at radius 2 is 2.00 bits per heavy atom. The Morgan fingerprint density at radius 3 is 2.50 bits per heavy atom. The van der Waals surface area contributed by atoms with E-state index in [0.29, 0.717) is 6.42 Å². The Morgan fingerprint density at radius 1 is 1.36 bits per heavy atom. The minimum Gasteiger partial charge on any atom is -0.329 e. The number of sulfonamides is 1. The van der Waals surface area contributed by atoms with Crippen molar-refractivity contribution < 1.29 is 13.3 Å². The maximum absolute atomic E-state index is 12.6. The second kappa shape index (κ2) is 6.31. The zero-order valence-corrected chi connectivity index (χ0v) is 13.3. The molecule has 0 aromatic heterocycles. The highest BCUT2D eigenvalue weighted by atomic mass is 32.2. The lowest BCUT2D eigenvalue weighted by Gasteiger charge is -2.42. The molecule has 2 atom stereocenters. The summed E-state index contributed by atoms with van der Waals surface area (Å²) in [6.45, 7) is 2.24. The van der Waals surface area contributed by atoms with Crippen LogP contribution in [0.5, 0.6) is 0 Å². The highest BCUT2D eigenvalue weighted by Gasteiger charge is 2.40. The van der Waals surface area contributed by atoms with Crippen molar-refractivity contribution in [3.63, 3.8) is 0 Å². The van der Waals surface area contributed by atoms with E-state index in [4.69, 9.17) is 5.73 Å². The van der Waals surface area contributed by atoms with Gasteiger partial charge in [0.05, 0.1) is 9.82 Å². The van der Waals surface area contributed by atoms with Gasteiger partial charge >= 0.3 is 0 Å². The van der Waals surface area contributed by atoms with Crippen molar-refractivity contribution in [1.82, 2.24) is 4.72 Å². The van der Waals surface area contributed by atoms with Gasteiger partial charge in [-0.3, -0.25) is 10.1 Å². The Balaban J connectivity index is 2.27. The number of non-ortho nitro benzene ring substituents is 1. The fourth-order valence-electron chi connectivity index (χ4n) is 2.98. The molecule has 0 bridgehead atoms. The topological polar surface area (TPSA) is 115 Å². The van der Waals surface area contributed by atoms with Crippen molar-refractivity contribution in [1.29, 1.82) is 0 Å². The molecule has 0 aliphatic heterocycles. The molecule has 1 aliphatic rings. The van der Waals surface area contributed by atoms with Gasteiger partial charge in [0.2, 0.25) is 10.0 Å². The quantitative estimate of drug-likeness (QED) is 0.632. The van der Waals surface area contributed by atoms with Crippen molar-refractivity contribution in [3.05, 3.63) is 34.4 Å². The van der Waals surface area contributed by atoms with Gasteiger partial charge in [0.25, 0.3) is 5.69 Å². The Labute approximate surface area is 130 Å². The van der Waals surface area contributed by atoms with Gasteiger partial charge < -0.3 is 5.73 Å². The SMILES string of the molecule is C[C@H]1CCCC[C@]1(CN)NS(=O)(=O)c1ccc([N+](=O)[O-])cc1. The number of nitrogens with one attached hydrogen (secondary N) is 1. The fraction of sp³-hybridized carbons (Fsp3) is 0.571. The second-order valence-corrected chi connectivity index (χ2v) is 7.55. The predicted molar refractivity (Wildman–Crippen MR) is 82.8 cm³/mol.